The highest BCUT2D eigenvalue weighted by Crippen LogP contribution is 2.36. The van der Waals surface area contributed by atoms with Gasteiger partial charge < -0.3 is 21.3 Å². The summed E-state index contributed by atoms with van der Waals surface area (Å²) in [7, 11) is 0. The topological polar surface area (TPSA) is 116 Å². The van der Waals surface area contributed by atoms with Gasteiger partial charge in [-0.1, -0.05) is 38.5 Å². The van der Waals surface area contributed by atoms with Crippen LogP contribution in [0, 0.1) is 8.99 Å². The third-order valence-corrected chi connectivity index (χ3v) is 8.27. The molecule has 1 aromatic rings. The smallest absolute Gasteiger partial charge is 0.250 e. The maximum absolute atomic E-state index is 13.6. The van der Waals surface area contributed by atoms with Crippen molar-refractivity contribution in [2.24, 2.45) is 5.41 Å². The monoisotopic (exact) mass is 580 g/mol. The number of hydrogen-bond acceptors (Lipinski definition) is 4. The van der Waals surface area contributed by atoms with E-state index in [4.69, 9.17) is 0 Å². The van der Waals surface area contributed by atoms with E-state index in [9.17, 15) is 19.2 Å². The number of rotatable bonds is 0. The fourth-order valence-electron chi connectivity index (χ4n) is 5.19. The average Bonchev–Trinajstić information content (AvgIpc) is 2.81. The molecular weight excluding hydrogens is 547 g/mol. The number of amides is 4. The van der Waals surface area contributed by atoms with Crippen LogP contribution < -0.4 is 21.3 Å². The van der Waals surface area contributed by atoms with Gasteiger partial charge in [0, 0.05) is 3.57 Å². The van der Waals surface area contributed by atoms with Crippen molar-refractivity contribution in [3.05, 3.63) is 21.8 Å². The van der Waals surface area contributed by atoms with Gasteiger partial charge in [0.2, 0.25) is 23.6 Å². The van der Waals surface area contributed by atoms with E-state index in [-0.39, 0.29) is 11.8 Å². The van der Waals surface area contributed by atoms with Gasteiger partial charge in [-0.2, -0.15) is 0 Å². The Morgan fingerprint density at radius 3 is 1.56 bits per heavy atom. The van der Waals surface area contributed by atoms with E-state index in [2.05, 4.69) is 43.9 Å². The summed E-state index contributed by atoms with van der Waals surface area (Å²) in [5.74, 6) is -1.65. The van der Waals surface area contributed by atoms with E-state index < -0.39 is 28.3 Å². The van der Waals surface area contributed by atoms with E-state index >= 15 is 0 Å². The fourth-order valence-corrected chi connectivity index (χ4v) is 5.68. The molecule has 4 amide bonds. The molecule has 1 aromatic carbocycles. The van der Waals surface area contributed by atoms with Crippen LogP contribution >= 0.6 is 22.6 Å². The first-order chi connectivity index (χ1) is 16.1. The van der Waals surface area contributed by atoms with Crippen LogP contribution in [0.4, 0.5) is 11.4 Å². The highest BCUT2D eigenvalue weighted by molar-refractivity contribution is 14.1. The van der Waals surface area contributed by atoms with Crippen LogP contribution in [-0.2, 0) is 19.2 Å². The van der Waals surface area contributed by atoms with Crippen LogP contribution in [0.1, 0.15) is 78.1 Å². The predicted octanol–water partition coefficient (Wildman–Crippen LogP) is 3.85. The lowest BCUT2D eigenvalue weighted by molar-refractivity contribution is -0.147. The molecule has 0 unspecified atom stereocenters. The van der Waals surface area contributed by atoms with Gasteiger partial charge in [-0.15, -0.1) is 0 Å². The maximum Gasteiger partial charge on any atom is 0.250 e. The summed E-state index contributed by atoms with van der Waals surface area (Å²) < 4.78 is 0.902. The largest absolute Gasteiger partial charge is 0.341 e. The van der Waals surface area contributed by atoms with Gasteiger partial charge in [0.1, 0.15) is 16.5 Å². The molecule has 184 valence electrons. The van der Waals surface area contributed by atoms with Gasteiger partial charge in [0.15, 0.2) is 0 Å². The molecule has 2 aliphatic carbocycles. The molecule has 1 heterocycles. The second-order valence-corrected chi connectivity index (χ2v) is 11.7. The lowest BCUT2D eigenvalue weighted by atomic mass is 9.78. The predicted molar refractivity (Wildman–Crippen MR) is 138 cm³/mol. The second-order valence-electron chi connectivity index (χ2n) is 10.4. The zero-order chi connectivity index (χ0) is 24.6. The summed E-state index contributed by atoms with van der Waals surface area (Å²) in [5, 5.41) is 11.9. The van der Waals surface area contributed by atoms with Crippen LogP contribution in [0.25, 0.3) is 0 Å². The fraction of sp³-hybridized carbons (Fsp3) is 0.600. The molecule has 1 aliphatic heterocycles. The molecule has 0 atom stereocenters. The summed E-state index contributed by atoms with van der Waals surface area (Å²) in [6.07, 6.45) is 7.19. The molecule has 9 heteroatoms. The second kappa shape index (κ2) is 9.47. The highest BCUT2D eigenvalue weighted by atomic mass is 127. The van der Waals surface area contributed by atoms with E-state index in [1.165, 1.54) is 0 Å². The normalized spacial score (nSPS) is 24.4. The minimum atomic E-state index is -1.45. The molecule has 4 N–H and O–H groups in total. The van der Waals surface area contributed by atoms with Crippen LogP contribution in [0.15, 0.2) is 18.2 Å². The molecule has 2 fully saturated rings. The summed E-state index contributed by atoms with van der Waals surface area (Å²) in [6, 6.07) is 5.43. The van der Waals surface area contributed by atoms with E-state index in [1.54, 1.807) is 19.9 Å². The molecule has 8 nitrogen and oxygen atoms in total. The van der Waals surface area contributed by atoms with Crippen molar-refractivity contribution < 1.29 is 19.2 Å². The first-order valence-corrected chi connectivity index (χ1v) is 13.2. The van der Waals surface area contributed by atoms with Gasteiger partial charge in [-0.05, 0) is 80.3 Å². The first-order valence-electron chi connectivity index (χ1n) is 12.2. The number of carbonyl (C=O) groups excluding carboxylic acids is 4. The molecule has 4 rings (SSSR count). The summed E-state index contributed by atoms with van der Waals surface area (Å²) in [6.45, 7) is 3.11. The highest BCUT2D eigenvalue weighted by Gasteiger charge is 2.49. The van der Waals surface area contributed by atoms with Crippen LogP contribution in [0.5, 0.6) is 0 Å². The maximum atomic E-state index is 13.6. The van der Waals surface area contributed by atoms with Gasteiger partial charge in [-0.25, -0.2) is 0 Å². The number of carbonyl (C=O) groups is 4. The Bertz CT molecular complexity index is 1010. The van der Waals surface area contributed by atoms with Gasteiger partial charge >= 0.3 is 0 Å². The summed E-state index contributed by atoms with van der Waals surface area (Å²) >= 11 is 2.16. The van der Waals surface area contributed by atoms with Crippen molar-refractivity contribution >= 4 is 57.6 Å². The summed E-state index contributed by atoms with van der Waals surface area (Å²) in [5.41, 5.74) is -2.69. The Balaban J connectivity index is 1.81. The lowest BCUT2D eigenvalue weighted by Crippen LogP contribution is -2.64. The van der Waals surface area contributed by atoms with Crippen LogP contribution in [0.2, 0.25) is 0 Å². The molecule has 34 heavy (non-hydrogen) atoms. The number of hydrogen-bond donors (Lipinski definition) is 4. The molecule has 0 aromatic heterocycles. The molecule has 0 saturated heterocycles. The molecular formula is C25H33IN4O4. The molecule has 2 spiro atoms. The Morgan fingerprint density at radius 1 is 0.647 bits per heavy atom. The molecule has 2 saturated carbocycles. The average molecular weight is 580 g/mol. The SMILES string of the molecule is CC1(C)C(=O)NC2(CCCCC2)C(=O)Nc2ccc(I)cc2NC(=O)C2(CCCCC2)NC1=O. The van der Waals surface area contributed by atoms with Crippen molar-refractivity contribution in [2.45, 2.75) is 89.1 Å². The first kappa shape index (κ1) is 24.9. The van der Waals surface area contributed by atoms with Crippen molar-refractivity contribution in [1.82, 2.24) is 10.6 Å². The zero-order valence-corrected chi connectivity index (χ0v) is 22.0. The quantitative estimate of drug-likeness (QED) is 0.276. The van der Waals surface area contributed by atoms with Crippen molar-refractivity contribution in [3.63, 3.8) is 0 Å². The van der Waals surface area contributed by atoms with E-state index in [1.807, 2.05) is 12.1 Å². The Labute approximate surface area is 213 Å². The minimum absolute atomic E-state index is 0.319. The Morgan fingerprint density at radius 2 is 1.09 bits per heavy atom. The van der Waals surface area contributed by atoms with Crippen molar-refractivity contribution in [3.8, 4) is 0 Å². The molecule has 0 bridgehead atoms. The number of halogens is 1. The number of nitrogens with one attached hydrogen (secondary N) is 4. The number of benzene rings is 1. The van der Waals surface area contributed by atoms with E-state index in [0.717, 1.165) is 42.1 Å². The lowest BCUT2D eigenvalue weighted by Gasteiger charge is -2.40. The van der Waals surface area contributed by atoms with Crippen molar-refractivity contribution in [2.75, 3.05) is 10.6 Å². The van der Waals surface area contributed by atoms with Crippen LogP contribution in [0.3, 0.4) is 0 Å². The number of anilines is 2. The van der Waals surface area contributed by atoms with Gasteiger partial charge in [0.05, 0.1) is 11.4 Å². The molecule has 3 aliphatic rings. The minimum Gasteiger partial charge on any atom is -0.341 e. The van der Waals surface area contributed by atoms with Crippen LogP contribution in [-0.4, -0.2) is 34.7 Å². The van der Waals surface area contributed by atoms with E-state index in [0.29, 0.717) is 37.1 Å². The summed E-state index contributed by atoms with van der Waals surface area (Å²) in [4.78, 5) is 54.2. The Hall–Kier alpha value is -2.17. The van der Waals surface area contributed by atoms with Gasteiger partial charge in [0.25, 0.3) is 0 Å². The third kappa shape index (κ3) is 4.67. The Kier molecular flexibility index (Phi) is 6.94. The zero-order valence-electron chi connectivity index (χ0n) is 19.8. The number of fused-ring (bicyclic) bond motifs is 1. The van der Waals surface area contributed by atoms with Crippen molar-refractivity contribution in [1.29, 1.82) is 0 Å². The van der Waals surface area contributed by atoms with Gasteiger partial charge in [-0.3, -0.25) is 19.2 Å². The third-order valence-electron chi connectivity index (χ3n) is 7.60. The standard InChI is InChI=1S/C25H33IN4O4/c1-23(2)19(31)29-24(11-5-3-6-12-24)21(33)27-17-10-9-16(26)15-18(17)28-22(34)25(30-20(23)32)13-7-4-8-14-25/h9-10,15H,3-8,11-14H2,1-2H3,(H,27,33)(H,28,34)(H,29,31)(H,30,32). The molecule has 0 radical (unpaired) electrons.